The van der Waals surface area contributed by atoms with Crippen molar-refractivity contribution in [2.75, 3.05) is 16.8 Å². The number of benzene rings is 1. The molecule has 0 bridgehead atoms. The maximum absolute atomic E-state index is 6.40. The van der Waals surface area contributed by atoms with Crippen molar-refractivity contribution in [1.82, 2.24) is 9.97 Å². The van der Waals surface area contributed by atoms with Crippen LogP contribution in [0.25, 0.3) is 0 Å². The van der Waals surface area contributed by atoms with Crippen LogP contribution in [0.3, 0.4) is 0 Å². The van der Waals surface area contributed by atoms with Crippen molar-refractivity contribution in [3.63, 3.8) is 0 Å². The number of anilines is 3. The number of fused-ring (bicyclic) bond motifs is 1. The summed E-state index contributed by atoms with van der Waals surface area (Å²) < 4.78 is 0. The summed E-state index contributed by atoms with van der Waals surface area (Å²) >= 11 is 12.4. The third-order valence-electron chi connectivity index (χ3n) is 4.47. The zero-order valence-corrected chi connectivity index (χ0v) is 15.7. The van der Waals surface area contributed by atoms with Crippen molar-refractivity contribution in [3.8, 4) is 0 Å². The lowest BCUT2D eigenvalue weighted by Gasteiger charge is -2.22. The number of aryl methyl sites for hydroxylation is 1. The van der Waals surface area contributed by atoms with E-state index in [0.717, 1.165) is 49.0 Å². The van der Waals surface area contributed by atoms with E-state index in [0.29, 0.717) is 16.1 Å². The van der Waals surface area contributed by atoms with Gasteiger partial charge in [0, 0.05) is 23.2 Å². The average Bonchev–Trinajstić information content (AvgIpc) is 2.96. The summed E-state index contributed by atoms with van der Waals surface area (Å²) in [6, 6.07) is 6.01. The van der Waals surface area contributed by atoms with Crippen LogP contribution in [-0.4, -0.2) is 22.6 Å². The first-order chi connectivity index (χ1) is 11.5. The molecule has 1 aliphatic heterocycles. The molecule has 0 unspecified atom stereocenters. The topological polar surface area (TPSA) is 41.1 Å². The van der Waals surface area contributed by atoms with Crippen LogP contribution in [-0.2, 0) is 6.42 Å². The Kier molecular flexibility index (Phi) is 5.16. The first-order valence-corrected chi connectivity index (χ1v) is 9.15. The summed E-state index contributed by atoms with van der Waals surface area (Å²) in [6.45, 7) is 7.15. The number of nitrogens with one attached hydrogen (secondary N) is 1. The van der Waals surface area contributed by atoms with Crippen molar-refractivity contribution in [2.24, 2.45) is 0 Å². The predicted molar refractivity (Wildman–Crippen MR) is 102 cm³/mol. The third kappa shape index (κ3) is 3.31. The van der Waals surface area contributed by atoms with E-state index < -0.39 is 0 Å². The summed E-state index contributed by atoms with van der Waals surface area (Å²) in [7, 11) is 0. The zero-order valence-electron chi connectivity index (χ0n) is 14.2. The van der Waals surface area contributed by atoms with E-state index in [1.807, 2.05) is 19.1 Å². The van der Waals surface area contributed by atoms with E-state index in [4.69, 9.17) is 23.2 Å². The van der Waals surface area contributed by atoms with Gasteiger partial charge in [-0.25, -0.2) is 9.97 Å². The van der Waals surface area contributed by atoms with Crippen molar-refractivity contribution < 1.29 is 0 Å². The smallest absolute Gasteiger partial charge is 0.142 e. The number of rotatable bonds is 5. The highest BCUT2D eigenvalue weighted by molar-refractivity contribution is 6.36. The Labute approximate surface area is 153 Å². The molecular formula is C18H22Cl2N4. The van der Waals surface area contributed by atoms with Crippen molar-refractivity contribution in [1.29, 1.82) is 0 Å². The Morgan fingerprint density at radius 1 is 1.21 bits per heavy atom. The van der Waals surface area contributed by atoms with Crippen LogP contribution in [0.5, 0.6) is 0 Å². The maximum atomic E-state index is 6.40. The van der Waals surface area contributed by atoms with E-state index >= 15 is 0 Å². The van der Waals surface area contributed by atoms with E-state index in [1.54, 1.807) is 6.07 Å². The maximum Gasteiger partial charge on any atom is 0.142 e. The second-order valence-electron chi connectivity index (χ2n) is 6.08. The van der Waals surface area contributed by atoms with Gasteiger partial charge in [-0.2, -0.15) is 0 Å². The molecule has 0 aliphatic carbocycles. The lowest BCUT2D eigenvalue weighted by atomic mass is 10.1. The van der Waals surface area contributed by atoms with Gasteiger partial charge in [-0.1, -0.05) is 37.0 Å². The normalized spacial score (nSPS) is 13.5. The molecule has 1 aromatic carbocycles. The van der Waals surface area contributed by atoms with Crippen LogP contribution >= 0.6 is 23.2 Å². The molecule has 0 fully saturated rings. The van der Waals surface area contributed by atoms with Crippen LogP contribution in [0.2, 0.25) is 10.0 Å². The molecule has 2 aromatic rings. The Hall–Kier alpha value is -1.52. The molecular weight excluding hydrogens is 343 g/mol. The summed E-state index contributed by atoms with van der Waals surface area (Å²) in [5, 5.41) is 4.86. The fourth-order valence-electron chi connectivity index (χ4n) is 3.10. The molecule has 1 aromatic heterocycles. The van der Waals surface area contributed by atoms with E-state index in [1.165, 1.54) is 5.56 Å². The molecule has 1 aliphatic rings. The van der Waals surface area contributed by atoms with Gasteiger partial charge >= 0.3 is 0 Å². The standard InChI is InChI=1S/C18H22Cl2N4/c1-4-13(5-2)23-17-14-8-9-24(18(14)22-11(3)21-17)16-7-6-12(19)10-15(16)20/h6-7,10,13H,4-5,8-9H2,1-3H3,(H,21,22,23). The van der Waals surface area contributed by atoms with Crippen molar-refractivity contribution in [3.05, 3.63) is 39.6 Å². The number of halogens is 2. The highest BCUT2D eigenvalue weighted by atomic mass is 35.5. The first-order valence-electron chi connectivity index (χ1n) is 8.40. The second kappa shape index (κ2) is 7.16. The Balaban J connectivity index is 2.00. The molecule has 0 saturated heterocycles. The van der Waals surface area contributed by atoms with Crippen LogP contribution in [0, 0.1) is 6.92 Å². The molecule has 0 saturated carbocycles. The second-order valence-corrected chi connectivity index (χ2v) is 6.92. The largest absolute Gasteiger partial charge is 0.367 e. The molecule has 1 N–H and O–H groups in total. The number of nitrogens with zero attached hydrogens (tertiary/aromatic N) is 3. The van der Waals surface area contributed by atoms with Crippen molar-refractivity contribution >= 4 is 40.5 Å². The third-order valence-corrected chi connectivity index (χ3v) is 5.00. The van der Waals surface area contributed by atoms with Gasteiger partial charge in [0.05, 0.1) is 10.7 Å². The van der Waals surface area contributed by atoms with E-state index in [2.05, 4.69) is 34.0 Å². The molecule has 0 amide bonds. The van der Waals surface area contributed by atoms with Crippen molar-refractivity contribution in [2.45, 2.75) is 46.1 Å². The molecule has 128 valence electrons. The van der Waals surface area contributed by atoms with Gasteiger partial charge in [-0.15, -0.1) is 0 Å². The Morgan fingerprint density at radius 3 is 2.62 bits per heavy atom. The average molecular weight is 365 g/mol. The molecule has 3 rings (SSSR count). The molecule has 6 heteroatoms. The van der Waals surface area contributed by atoms with Gasteiger partial charge in [0.15, 0.2) is 0 Å². The van der Waals surface area contributed by atoms with Gasteiger partial charge in [-0.05, 0) is 44.4 Å². The molecule has 0 atom stereocenters. The highest BCUT2D eigenvalue weighted by Crippen LogP contribution is 2.40. The lowest BCUT2D eigenvalue weighted by molar-refractivity contribution is 0.666. The first kappa shape index (κ1) is 17.3. The van der Waals surface area contributed by atoms with E-state index in [9.17, 15) is 0 Å². The Morgan fingerprint density at radius 2 is 1.96 bits per heavy atom. The SMILES string of the molecule is CCC(CC)Nc1nc(C)nc2c1CCN2c1ccc(Cl)cc1Cl. The molecule has 4 nitrogen and oxygen atoms in total. The summed E-state index contributed by atoms with van der Waals surface area (Å²) in [5.41, 5.74) is 2.10. The molecule has 0 radical (unpaired) electrons. The minimum atomic E-state index is 0.427. The van der Waals surface area contributed by atoms with E-state index in [-0.39, 0.29) is 0 Å². The zero-order chi connectivity index (χ0) is 17.3. The predicted octanol–water partition coefficient (Wildman–Crippen LogP) is 5.39. The van der Waals surface area contributed by atoms with Gasteiger partial charge in [0.25, 0.3) is 0 Å². The van der Waals surface area contributed by atoms with Crippen LogP contribution in [0.1, 0.15) is 38.1 Å². The molecule has 2 heterocycles. The molecule has 0 spiro atoms. The van der Waals surface area contributed by atoms with Gasteiger partial charge in [0.1, 0.15) is 17.5 Å². The molecule has 24 heavy (non-hydrogen) atoms. The summed E-state index contributed by atoms with van der Waals surface area (Å²) in [4.78, 5) is 11.5. The van der Waals surface area contributed by atoms with Gasteiger partial charge in [-0.3, -0.25) is 0 Å². The van der Waals surface area contributed by atoms with Crippen LogP contribution < -0.4 is 10.2 Å². The quantitative estimate of drug-likeness (QED) is 0.772. The summed E-state index contributed by atoms with van der Waals surface area (Å²) in [6.07, 6.45) is 3.04. The fourth-order valence-corrected chi connectivity index (χ4v) is 3.61. The number of hydrogen-bond donors (Lipinski definition) is 1. The fraction of sp³-hybridized carbons (Fsp3) is 0.444. The van der Waals surface area contributed by atoms with Crippen LogP contribution in [0.15, 0.2) is 18.2 Å². The van der Waals surface area contributed by atoms with Gasteiger partial charge in [0.2, 0.25) is 0 Å². The lowest BCUT2D eigenvalue weighted by Crippen LogP contribution is -2.20. The Bertz CT molecular complexity index is 744. The van der Waals surface area contributed by atoms with Gasteiger partial charge < -0.3 is 10.2 Å². The van der Waals surface area contributed by atoms with Crippen LogP contribution in [0.4, 0.5) is 17.3 Å². The highest BCUT2D eigenvalue weighted by Gasteiger charge is 2.28. The monoisotopic (exact) mass is 364 g/mol. The number of aromatic nitrogens is 2. The summed E-state index contributed by atoms with van der Waals surface area (Å²) in [5.74, 6) is 2.66. The number of hydrogen-bond acceptors (Lipinski definition) is 4. The minimum absolute atomic E-state index is 0.427. The minimum Gasteiger partial charge on any atom is -0.367 e.